The van der Waals surface area contributed by atoms with Crippen molar-refractivity contribution in [2.24, 2.45) is 10.8 Å². The van der Waals surface area contributed by atoms with Crippen molar-refractivity contribution in [1.82, 2.24) is 4.58 Å². The maximum atomic E-state index is 14.2. The van der Waals surface area contributed by atoms with Gasteiger partial charge in [-0.3, -0.25) is 14.4 Å². The summed E-state index contributed by atoms with van der Waals surface area (Å²) in [6.45, 7) is 21.4. The fraction of sp³-hybridized carbons (Fsp3) is 0.526. The molecule has 2 amide bonds. The van der Waals surface area contributed by atoms with E-state index in [9.17, 15) is 19.5 Å². The number of aryl methyl sites for hydroxylation is 2. The second kappa shape index (κ2) is 12.0. The van der Waals surface area contributed by atoms with Gasteiger partial charge in [-0.25, -0.2) is 4.58 Å². The third-order valence-electron chi connectivity index (χ3n) is 9.30. The minimum atomic E-state index is -0.673. The van der Waals surface area contributed by atoms with E-state index >= 15 is 0 Å². The van der Waals surface area contributed by atoms with Crippen molar-refractivity contribution >= 4 is 45.8 Å². The van der Waals surface area contributed by atoms with Crippen molar-refractivity contribution in [3.8, 4) is 0 Å². The fourth-order valence-electron chi connectivity index (χ4n) is 6.52. The Labute approximate surface area is 273 Å². The van der Waals surface area contributed by atoms with Crippen molar-refractivity contribution in [2.75, 3.05) is 28.6 Å². The third-order valence-corrected chi connectivity index (χ3v) is 9.30. The number of carbonyl (C=O) groups is 3. The van der Waals surface area contributed by atoms with Crippen molar-refractivity contribution < 1.29 is 19.5 Å². The van der Waals surface area contributed by atoms with Gasteiger partial charge in [-0.2, -0.15) is 0 Å². The van der Waals surface area contributed by atoms with Crippen LogP contribution in [0.3, 0.4) is 0 Å². The molecular formula is C38H50N4O4. The van der Waals surface area contributed by atoms with Gasteiger partial charge in [-0.05, 0) is 70.7 Å². The van der Waals surface area contributed by atoms with E-state index in [1.807, 2.05) is 65.8 Å². The summed E-state index contributed by atoms with van der Waals surface area (Å²) in [4.78, 5) is 43.0. The molecule has 0 saturated carbocycles. The lowest BCUT2D eigenvalue weighted by molar-refractivity contribution is -0.292. The van der Waals surface area contributed by atoms with E-state index in [2.05, 4.69) is 47.8 Å². The van der Waals surface area contributed by atoms with Gasteiger partial charge in [0.05, 0.1) is 11.4 Å². The Morgan fingerprint density at radius 3 is 2.00 bits per heavy atom. The highest BCUT2D eigenvalue weighted by atomic mass is 16.3. The molecule has 2 aliphatic heterocycles. The second-order valence-electron chi connectivity index (χ2n) is 15.7. The van der Waals surface area contributed by atoms with Crippen LogP contribution in [0, 0.1) is 10.8 Å². The van der Waals surface area contributed by atoms with Crippen LogP contribution in [-0.4, -0.2) is 42.8 Å². The number of amides is 2. The number of benzene rings is 2. The lowest BCUT2D eigenvalue weighted by atomic mass is 9.79. The maximum absolute atomic E-state index is 14.2. The number of rotatable bonds is 5. The van der Waals surface area contributed by atoms with Gasteiger partial charge in [-0.15, -0.1) is 0 Å². The largest absolute Gasteiger partial charge is 0.871 e. The Bertz CT molecular complexity index is 1780. The molecule has 8 nitrogen and oxygen atoms in total. The van der Waals surface area contributed by atoms with Crippen molar-refractivity contribution in [1.29, 1.82) is 0 Å². The molecule has 0 unspecified atom stereocenters. The van der Waals surface area contributed by atoms with E-state index in [1.165, 1.54) is 0 Å². The SMILES string of the molecule is CC(C)N1CCCc2cc(C3=C([O-])/C(=c4\cc5c(cc4NC(=O)C(C)(C)C)=[N+](C(C)C)CCC5)C3=O)c(NC(=O)C(C)(C)C)cc21. The summed E-state index contributed by atoms with van der Waals surface area (Å²) in [5, 5.41) is 21.8. The van der Waals surface area contributed by atoms with E-state index in [4.69, 9.17) is 0 Å². The maximum Gasteiger partial charge on any atom is 0.229 e. The van der Waals surface area contributed by atoms with Crippen LogP contribution in [0.5, 0.6) is 0 Å². The van der Waals surface area contributed by atoms with Crippen LogP contribution in [0.25, 0.3) is 11.1 Å². The Kier molecular flexibility index (Phi) is 8.73. The van der Waals surface area contributed by atoms with Crippen LogP contribution in [0.1, 0.15) is 98.8 Å². The third kappa shape index (κ3) is 6.10. The number of hydrogen-bond acceptors (Lipinski definition) is 5. The van der Waals surface area contributed by atoms with Crippen LogP contribution in [0.4, 0.5) is 17.1 Å². The Balaban J connectivity index is 1.75. The zero-order valence-corrected chi connectivity index (χ0v) is 29.2. The quantitative estimate of drug-likeness (QED) is 0.485. The summed E-state index contributed by atoms with van der Waals surface area (Å²) >= 11 is 0. The van der Waals surface area contributed by atoms with Gasteiger partial charge in [0.15, 0.2) is 5.78 Å². The molecular weight excluding hydrogens is 576 g/mol. The highest BCUT2D eigenvalue weighted by molar-refractivity contribution is 6.52. The van der Waals surface area contributed by atoms with Crippen LogP contribution >= 0.6 is 0 Å². The molecule has 1 aliphatic carbocycles. The highest BCUT2D eigenvalue weighted by Gasteiger charge is 2.35. The minimum Gasteiger partial charge on any atom is -0.871 e. The number of hydrogen-bond donors (Lipinski definition) is 2. The molecule has 0 aromatic heterocycles. The zero-order chi connectivity index (χ0) is 33.9. The Hall–Kier alpha value is -3.94. The lowest BCUT2D eigenvalue weighted by Gasteiger charge is -2.37. The summed E-state index contributed by atoms with van der Waals surface area (Å²) < 4.78 is 2.31. The molecule has 2 aromatic carbocycles. The molecule has 3 aliphatic rings. The standard InChI is InChI=1S/C38H50N4O4/c1-21(2)41-15-11-13-23-17-25(27(19-29(23)41)39-35(45)37(5,6)7)31-33(43)32(34(31)44)26-18-24-14-12-16-42(22(3)4)30(24)20-28(26)40-36(46)38(8,9)10/h17-22H,11-16H2,1-10H3,(H2,39,40,43,44,45,46). The van der Waals surface area contributed by atoms with Gasteiger partial charge in [0.1, 0.15) is 12.6 Å². The summed E-state index contributed by atoms with van der Waals surface area (Å²) in [7, 11) is 0. The van der Waals surface area contributed by atoms with Gasteiger partial charge in [0.25, 0.3) is 0 Å². The molecule has 0 spiro atoms. The molecule has 0 saturated heterocycles. The summed E-state index contributed by atoms with van der Waals surface area (Å²) in [5.74, 6) is -1.12. The van der Waals surface area contributed by atoms with E-state index in [-0.39, 0.29) is 46.6 Å². The molecule has 0 fully saturated rings. The molecule has 8 heteroatoms. The van der Waals surface area contributed by atoms with E-state index in [0.717, 1.165) is 60.9 Å². The molecule has 2 N–H and O–H groups in total. The first-order chi connectivity index (χ1) is 21.4. The van der Waals surface area contributed by atoms with Crippen LogP contribution in [0.15, 0.2) is 30.0 Å². The molecule has 2 heterocycles. The van der Waals surface area contributed by atoms with Gasteiger partial charge in [0, 0.05) is 69.1 Å². The number of fused-ring (bicyclic) bond motifs is 2. The summed E-state index contributed by atoms with van der Waals surface area (Å²) in [6, 6.07) is 8.25. The van der Waals surface area contributed by atoms with Crippen LogP contribution in [-0.2, 0) is 27.2 Å². The van der Waals surface area contributed by atoms with Crippen molar-refractivity contribution in [3.05, 3.63) is 57.3 Å². The van der Waals surface area contributed by atoms with E-state index in [1.54, 1.807) is 0 Å². The number of nitrogens with zero attached hydrogens (tertiary/aromatic N) is 2. The van der Waals surface area contributed by atoms with Crippen LogP contribution in [0.2, 0.25) is 0 Å². The predicted octanol–water partition coefficient (Wildman–Crippen LogP) is 4.17. The Morgan fingerprint density at radius 2 is 1.43 bits per heavy atom. The van der Waals surface area contributed by atoms with Gasteiger partial charge < -0.3 is 20.6 Å². The first-order valence-electron chi connectivity index (χ1n) is 16.7. The summed E-state index contributed by atoms with van der Waals surface area (Å²) in [6.07, 6.45) is 3.58. The zero-order valence-electron chi connectivity index (χ0n) is 29.2. The number of ketones is 1. The number of Topliss-reactive ketones (excluding diaryl/α,β-unsaturated/α-hetero) is 1. The number of carbonyl (C=O) groups excluding carboxylic acids is 3. The molecule has 5 rings (SSSR count). The predicted molar refractivity (Wildman–Crippen MR) is 184 cm³/mol. The second-order valence-corrected chi connectivity index (χ2v) is 15.7. The van der Waals surface area contributed by atoms with Crippen molar-refractivity contribution in [3.63, 3.8) is 0 Å². The Morgan fingerprint density at radius 1 is 0.826 bits per heavy atom. The average Bonchev–Trinajstić information content (AvgIpc) is 2.95. The molecule has 0 radical (unpaired) electrons. The number of allylic oxidation sites excluding steroid dienone is 2. The number of anilines is 3. The normalized spacial score (nSPS) is 18.0. The first kappa shape index (κ1) is 33.4. The molecule has 246 valence electrons. The average molecular weight is 627 g/mol. The molecule has 0 atom stereocenters. The molecule has 2 aromatic rings. The monoisotopic (exact) mass is 626 g/mol. The molecule has 46 heavy (non-hydrogen) atoms. The summed E-state index contributed by atoms with van der Waals surface area (Å²) in [5.41, 5.74) is 3.37. The fourth-order valence-corrected chi connectivity index (χ4v) is 6.52. The number of nitrogens with one attached hydrogen (secondary N) is 2. The van der Waals surface area contributed by atoms with E-state index in [0.29, 0.717) is 22.2 Å². The van der Waals surface area contributed by atoms with Crippen molar-refractivity contribution in [2.45, 2.75) is 107 Å². The van der Waals surface area contributed by atoms with Gasteiger partial charge in [-0.1, -0.05) is 47.3 Å². The van der Waals surface area contributed by atoms with E-state index < -0.39 is 10.8 Å². The topological polar surface area (TPSA) is 105 Å². The highest BCUT2D eigenvalue weighted by Crippen LogP contribution is 2.43. The smallest absolute Gasteiger partial charge is 0.229 e. The first-order valence-corrected chi connectivity index (χ1v) is 16.7. The lowest BCUT2D eigenvalue weighted by Crippen LogP contribution is -2.44. The van der Waals surface area contributed by atoms with Gasteiger partial charge >= 0.3 is 0 Å². The van der Waals surface area contributed by atoms with Gasteiger partial charge in [0.2, 0.25) is 17.2 Å². The van der Waals surface area contributed by atoms with Crippen LogP contribution < -0.4 is 35.8 Å². The minimum absolute atomic E-state index is 0.0818. The molecule has 0 bridgehead atoms.